The van der Waals surface area contributed by atoms with Gasteiger partial charge in [0.2, 0.25) is 11.6 Å². The van der Waals surface area contributed by atoms with Crippen LogP contribution >= 0.6 is 15.9 Å². The van der Waals surface area contributed by atoms with Gasteiger partial charge in [0.15, 0.2) is 0 Å². The molecule has 3 aromatic rings. The Balaban J connectivity index is 1.60. The second kappa shape index (κ2) is 7.54. The van der Waals surface area contributed by atoms with Crippen molar-refractivity contribution in [2.75, 3.05) is 23.3 Å². The van der Waals surface area contributed by atoms with Gasteiger partial charge in [-0.3, -0.25) is 4.79 Å². The number of rotatable bonds is 3. The van der Waals surface area contributed by atoms with Crippen molar-refractivity contribution in [3.63, 3.8) is 0 Å². The van der Waals surface area contributed by atoms with Crippen LogP contribution in [0.1, 0.15) is 30.0 Å². The van der Waals surface area contributed by atoms with Crippen LogP contribution in [0.4, 0.5) is 11.5 Å². The van der Waals surface area contributed by atoms with Gasteiger partial charge in [-0.2, -0.15) is 4.98 Å². The number of amides is 1. The SMILES string of the molecule is Cc1nc(N2CCCC(C(=O)Nc3ccccc3Br)C2)c2c(C)c(C)oc2n1. The highest BCUT2D eigenvalue weighted by atomic mass is 79.9. The highest BCUT2D eigenvalue weighted by Crippen LogP contribution is 2.33. The normalized spacial score (nSPS) is 17.1. The number of fused-ring (bicyclic) bond motifs is 1. The number of piperidine rings is 1. The third-order valence-corrected chi connectivity index (χ3v) is 6.04. The van der Waals surface area contributed by atoms with Crippen LogP contribution in [0.5, 0.6) is 0 Å². The number of anilines is 2. The van der Waals surface area contributed by atoms with E-state index in [1.54, 1.807) is 0 Å². The number of hydrogen-bond donors (Lipinski definition) is 1. The van der Waals surface area contributed by atoms with Crippen LogP contribution in [0.2, 0.25) is 0 Å². The van der Waals surface area contributed by atoms with Gasteiger partial charge in [-0.15, -0.1) is 0 Å². The van der Waals surface area contributed by atoms with E-state index in [-0.39, 0.29) is 11.8 Å². The number of carbonyl (C=O) groups is 1. The summed E-state index contributed by atoms with van der Waals surface area (Å²) in [5, 5.41) is 4.01. The topological polar surface area (TPSA) is 71.3 Å². The molecule has 1 aromatic carbocycles. The third kappa shape index (κ3) is 3.51. The fourth-order valence-corrected chi connectivity index (χ4v) is 4.13. The van der Waals surface area contributed by atoms with E-state index in [0.29, 0.717) is 18.1 Å². The zero-order valence-electron chi connectivity index (χ0n) is 16.3. The molecular weight excluding hydrogens is 420 g/mol. The smallest absolute Gasteiger partial charge is 0.231 e. The van der Waals surface area contributed by atoms with E-state index in [2.05, 4.69) is 31.1 Å². The maximum atomic E-state index is 12.9. The van der Waals surface area contributed by atoms with Gasteiger partial charge in [-0.05, 0) is 61.7 Å². The summed E-state index contributed by atoms with van der Waals surface area (Å²) >= 11 is 3.49. The first-order valence-electron chi connectivity index (χ1n) is 9.48. The summed E-state index contributed by atoms with van der Waals surface area (Å²) in [6.45, 7) is 7.35. The number of benzene rings is 1. The van der Waals surface area contributed by atoms with Crippen LogP contribution < -0.4 is 10.2 Å². The first-order valence-corrected chi connectivity index (χ1v) is 10.3. The van der Waals surface area contributed by atoms with Crippen LogP contribution in [0.3, 0.4) is 0 Å². The van der Waals surface area contributed by atoms with E-state index in [1.165, 1.54) is 0 Å². The molecule has 0 bridgehead atoms. The van der Waals surface area contributed by atoms with Crippen LogP contribution in [0.15, 0.2) is 33.2 Å². The predicted octanol–water partition coefficient (Wildman–Crippen LogP) is 4.77. The van der Waals surface area contributed by atoms with Crippen LogP contribution in [-0.4, -0.2) is 29.0 Å². The highest BCUT2D eigenvalue weighted by molar-refractivity contribution is 9.10. The molecule has 1 aliphatic heterocycles. The highest BCUT2D eigenvalue weighted by Gasteiger charge is 2.29. The van der Waals surface area contributed by atoms with Gasteiger partial charge in [0.05, 0.1) is 17.0 Å². The molecule has 1 fully saturated rings. The Labute approximate surface area is 172 Å². The fraction of sp³-hybridized carbons (Fsp3) is 0.381. The van der Waals surface area contributed by atoms with Crippen molar-refractivity contribution in [1.82, 2.24) is 9.97 Å². The van der Waals surface area contributed by atoms with E-state index in [4.69, 9.17) is 9.40 Å². The van der Waals surface area contributed by atoms with Crippen molar-refractivity contribution < 1.29 is 9.21 Å². The maximum Gasteiger partial charge on any atom is 0.231 e. The molecule has 1 atom stereocenters. The molecule has 28 heavy (non-hydrogen) atoms. The van der Waals surface area contributed by atoms with Crippen molar-refractivity contribution >= 4 is 44.4 Å². The van der Waals surface area contributed by atoms with E-state index in [1.807, 2.05) is 45.0 Å². The number of nitrogens with one attached hydrogen (secondary N) is 1. The second-order valence-electron chi connectivity index (χ2n) is 7.31. The van der Waals surface area contributed by atoms with Crippen molar-refractivity contribution in [3.05, 3.63) is 45.9 Å². The van der Waals surface area contributed by atoms with Gasteiger partial charge in [0, 0.05) is 23.1 Å². The Kier molecular flexibility index (Phi) is 5.10. The standard InChI is InChI=1S/C21H23BrN4O2/c1-12-13(2)28-21-18(12)19(23-14(3)24-21)26-10-6-7-15(11-26)20(27)25-17-9-5-4-8-16(17)22/h4-5,8-9,15H,6-7,10-11H2,1-3H3,(H,25,27). The maximum absolute atomic E-state index is 12.9. The third-order valence-electron chi connectivity index (χ3n) is 5.34. The average molecular weight is 443 g/mol. The molecule has 0 saturated carbocycles. The Bertz CT molecular complexity index is 1050. The minimum atomic E-state index is -0.0977. The van der Waals surface area contributed by atoms with Crippen molar-refractivity contribution in [3.8, 4) is 0 Å². The average Bonchev–Trinajstić information content (AvgIpc) is 2.96. The molecular formula is C21H23BrN4O2. The van der Waals surface area contributed by atoms with Crippen LogP contribution in [0, 0.1) is 26.7 Å². The summed E-state index contributed by atoms with van der Waals surface area (Å²) < 4.78 is 6.70. The Morgan fingerprint density at radius 1 is 1.25 bits per heavy atom. The van der Waals surface area contributed by atoms with E-state index < -0.39 is 0 Å². The molecule has 4 rings (SSSR count). The monoisotopic (exact) mass is 442 g/mol. The molecule has 7 heteroatoms. The van der Waals surface area contributed by atoms with Gasteiger partial charge >= 0.3 is 0 Å². The Morgan fingerprint density at radius 3 is 2.82 bits per heavy atom. The molecule has 3 heterocycles. The number of halogens is 1. The second-order valence-corrected chi connectivity index (χ2v) is 8.17. The lowest BCUT2D eigenvalue weighted by Crippen LogP contribution is -2.41. The molecule has 0 spiro atoms. The molecule has 146 valence electrons. The van der Waals surface area contributed by atoms with E-state index >= 15 is 0 Å². The number of aryl methyl sites for hydroxylation is 3. The molecule has 2 aromatic heterocycles. The van der Waals surface area contributed by atoms with Crippen LogP contribution in [0.25, 0.3) is 11.1 Å². The molecule has 0 aliphatic carbocycles. The summed E-state index contributed by atoms with van der Waals surface area (Å²) in [4.78, 5) is 24.2. The summed E-state index contributed by atoms with van der Waals surface area (Å²) in [5.74, 6) is 2.35. The minimum absolute atomic E-state index is 0.0405. The van der Waals surface area contributed by atoms with Gasteiger partial charge < -0.3 is 14.6 Å². The number of nitrogens with zero attached hydrogens (tertiary/aromatic N) is 3. The molecule has 6 nitrogen and oxygen atoms in total. The zero-order valence-corrected chi connectivity index (χ0v) is 17.8. The van der Waals surface area contributed by atoms with Crippen molar-refractivity contribution in [2.24, 2.45) is 5.92 Å². The van der Waals surface area contributed by atoms with Crippen LogP contribution in [-0.2, 0) is 4.79 Å². The quantitative estimate of drug-likeness (QED) is 0.632. The number of carbonyl (C=O) groups excluding carboxylic acids is 1. The lowest BCUT2D eigenvalue weighted by atomic mass is 9.96. The fourth-order valence-electron chi connectivity index (χ4n) is 3.74. The molecule has 0 radical (unpaired) electrons. The van der Waals surface area contributed by atoms with Crippen molar-refractivity contribution in [2.45, 2.75) is 33.6 Å². The molecule has 1 saturated heterocycles. The number of hydrogen-bond acceptors (Lipinski definition) is 5. The first-order chi connectivity index (χ1) is 13.4. The van der Waals surface area contributed by atoms with Gasteiger partial charge in [-0.25, -0.2) is 4.98 Å². The summed E-state index contributed by atoms with van der Waals surface area (Å²) in [5.41, 5.74) is 2.48. The number of para-hydroxylation sites is 1. The van der Waals surface area contributed by atoms with Gasteiger partial charge in [0.1, 0.15) is 17.4 Å². The lowest BCUT2D eigenvalue weighted by molar-refractivity contribution is -0.120. The molecule has 1 amide bonds. The molecule has 1 aliphatic rings. The van der Waals surface area contributed by atoms with Gasteiger partial charge in [0.25, 0.3) is 0 Å². The number of aromatic nitrogens is 2. The summed E-state index contributed by atoms with van der Waals surface area (Å²) in [6.07, 6.45) is 1.80. The number of furan rings is 1. The summed E-state index contributed by atoms with van der Waals surface area (Å²) in [7, 11) is 0. The zero-order chi connectivity index (χ0) is 19.8. The summed E-state index contributed by atoms with van der Waals surface area (Å²) in [6, 6.07) is 7.67. The van der Waals surface area contributed by atoms with E-state index in [9.17, 15) is 4.79 Å². The van der Waals surface area contributed by atoms with Gasteiger partial charge in [-0.1, -0.05) is 12.1 Å². The largest absolute Gasteiger partial charge is 0.443 e. The predicted molar refractivity (Wildman–Crippen MR) is 114 cm³/mol. The Morgan fingerprint density at radius 2 is 2.04 bits per heavy atom. The molecule has 1 N–H and O–H groups in total. The first kappa shape index (κ1) is 18.9. The lowest BCUT2D eigenvalue weighted by Gasteiger charge is -2.33. The Hall–Kier alpha value is -2.41. The van der Waals surface area contributed by atoms with Crippen molar-refractivity contribution in [1.29, 1.82) is 0 Å². The minimum Gasteiger partial charge on any atom is -0.443 e. The molecule has 1 unspecified atom stereocenters. The van der Waals surface area contributed by atoms with E-state index in [0.717, 1.165) is 52.1 Å².